The van der Waals surface area contributed by atoms with Crippen molar-refractivity contribution in [1.29, 1.82) is 0 Å². The van der Waals surface area contributed by atoms with Crippen LogP contribution in [0.15, 0.2) is 24.3 Å². The number of hydrogen-bond donors (Lipinski definition) is 2. The largest absolute Gasteiger partial charge is 0.399 e. The van der Waals surface area contributed by atoms with Crippen LogP contribution in [0.4, 0.5) is 5.69 Å². The van der Waals surface area contributed by atoms with Gasteiger partial charge in [-0.3, -0.25) is 0 Å². The third kappa shape index (κ3) is 3.72. The van der Waals surface area contributed by atoms with E-state index in [0.717, 1.165) is 24.3 Å². The van der Waals surface area contributed by atoms with Gasteiger partial charge in [-0.2, -0.15) is 0 Å². The van der Waals surface area contributed by atoms with E-state index in [2.05, 4.69) is 6.92 Å². The molecule has 0 aromatic heterocycles. The number of aliphatic hydroxyl groups excluding tert-OH is 1. The summed E-state index contributed by atoms with van der Waals surface area (Å²) in [4.78, 5) is 0. The molecule has 1 aromatic carbocycles. The molecule has 100 valence electrons. The molecule has 3 N–H and O–H groups in total. The van der Waals surface area contributed by atoms with Crippen LogP contribution < -0.4 is 5.73 Å². The maximum absolute atomic E-state index is 10.0. The van der Waals surface area contributed by atoms with Gasteiger partial charge in [0.15, 0.2) is 0 Å². The Kier molecular flexibility index (Phi) is 4.61. The standard InChI is InChI=1S/C15H23NO2/c1-11-3-2-4-14(9-11)18-10-15(17)12-5-7-13(16)8-6-12/h5-8,11,14-15,17H,2-4,9-10,16H2,1H3. The molecule has 0 spiro atoms. The van der Waals surface area contributed by atoms with Crippen molar-refractivity contribution < 1.29 is 9.84 Å². The highest BCUT2D eigenvalue weighted by atomic mass is 16.5. The molecule has 1 fully saturated rings. The Balaban J connectivity index is 1.80. The summed E-state index contributed by atoms with van der Waals surface area (Å²) in [7, 11) is 0. The van der Waals surface area contributed by atoms with Gasteiger partial charge in [0.05, 0.1) is 12.7 Å². The zero-order chi connectivity index (χ0) is 13.0. The summed E-state index contributed by atoms with van der Waals surface area (Å²) in [5, 5.41) is 10.0. The van der Waals surface area contributed by atoms with Gasteiger partial charge in [0.2, 0.25) is 0 Å². The van der Waals surface area contributed by atoms with Gasteiger partial charge in [-0.25, -0.2) is 0 Å². The Morgan fingerprint density at radius 3 is 2.72 bits per heavy atom. The molecule has 1 aliphatic rings. The zero-order valence-electron chi connectivity index (χ0n) is 11.0. The van der Waals surface area contributed by atoms with E-state index in [-0.39, 0.29) is 0 Å². The van der Waals surface area contributed by atoms with Crippen molar-refractivity contribution in [1.82, 2.24) is 0 Å². The Labute approximate surface area is 109 Å². The molecule has 3 atom stereocenters. The number of benzene rings is 1. The number of hydrogen-bond acceptors (Lipinski definition) is 3. The van der Waals surface area contributed by atoms with Gasteiger partial charge in [-0.1, -0.05) is 31.9 Å². The van der Waals surface area contributed by atoms with E-state index in [1.807, 2.05) is 12.1 Å². The lowest BCUT2D eigenvalue weighted by Gasteiger charge is -2.27. The molecule has 0 heterocycles. The fourth-order valence-corrected chi connectivity index (χ4v) is 2.57. The molecule has 0 bridgehead atoms. The molecular weight excluding hydrogens is 226 g/mol. The van der Waals surface area contributed by atoms with Crippen LogP contribution in [0.3, 0.4) is 0 Å². The maximum atomic E-state index is 10.0. The van der Waals surface area contributed by atoms with Gasteiger partial charge in [0.1, 0.15) is 6.10 Å². The third-order valence-electron chi connectivity index (χ3n) is 3.70. The number of nitrogen functional groups attached to an aromatic ring is 1. The van der Waals surface area contributed by atoms with E-state index in [0.29, 0.717) is 18.4 Å². The SMILES string of the molecule is CC1CCCC(OCC(O)c2ccc(N)cc2)C1. The van der Waals surface area contributed by atoms with Crippen LogP contribution in [0.1, 0.15) is 44.3 Å². The highest BCUT2D eigenvalue weighted by molar-refractivity contribution is 5.39. The summed E-state index contributed by atoms with van der Waals surface area (Å²) in [6, 6.07) is 7.32. The van der Waals surface area contributed by atoms with Crippen LogP contribution >= 0.6 is 0 Å². The van der Waals surface area contributed by atoms with Crippen molar-refractivity contribution in [2.75, 3.05) is 12.3 Å². The molecule has 1 saturated carbocycles. The van der Waals surface area contributed by atoms with Crippen LogP contribution in [-0.2, 0) is 4.74 Å². The second-order valence-electron chi connectivity index (χ2n) is 5.41. The van der Waals surface area contributed by atoms with Crippen molar-refractivity contribution >= 4 is 5.69 Å². The molecule has 1 aromatic rings. The first-order valence-electron chi connectivity index (χ1n) is 6.80. The van der Waals surface area contributed by atoms with Gasteiger partial charge in [0, 0.05) is 5.69 Å². The first-order valence-corrected chi connectivity index (χ1v) is 6.80. The second-order valence-corrected chi connectivity index (χ2v) is 5.41. The molecule has 0 amide bonds. The average molecular weight is 249 g/mol. The minimum atomic E-state index is -0.553. The Morgan fingerprint density at radius 1 is 1.33 bits per heavy atom. The summed E-state index contributed by atoms with van der Waals surface area (Å²) in [5.74, 6) is 0.748. The van der Waals surface area contributed by atoms with Crippen LogP contribution in [0.5, 0.6) is 0 Å². The average Bonchev–Trinajstić information content (AvgIpc) is 2.37. The van der Waals surface area contributed by atoms with Crippen molar-refractivity contribution in [3.05, 3.63) is 29.8 Å². The predicted molar refractivity (Wildman–Crippen MR) is 73.2 cm³/mol. The lowest BCUT2D eigenvalue weighted by atomic mass is 9.89. The van der Waals surface area contributed by atoms with E-state index in [1.54, 1.807) is 12.1 Å². The Hall–Kier alpha value is -1.06. The summed E-state index contributed by atoms with van der Waals surface area (Å²) in [6.07, 6.45) is 4.55. The number of aliphatic hydroxyl groups is 1. The quantitative estimate of drug-likeness (QED) is 0.807. The fourth-order valence-electron chi connectivity index (χ4n) is 2.57. The van der Waals surface area contributed by atoms with Crippen LogP contribution in [0, 0.1) is 5.92 Å². The van der Waals surface area contributed by atoms with E-state index in [9.17, 15) is 5.11 Å². The van der Waals surface area contributed by atoms with E-state index < -0.39 is 6.10 Å². The molecule has 3 nitrogen and oxygen atoms in total. The van der Waals surface area contributed by atoms with E-state index in [4.69, 9.17) is 10.5 Å². The molecule has 2 rings (SSSR count). The highest BCUT2D eigenvalue weighted by Gasteiger charge is 2.20. The molecule has 3 heteroatoms. The Bertz CT molecular complexity index is 363. The van der Waals surface area contributed by atoms with Crippen LogP contribution in [-0.4, -0.2) is 17.8 Å². The van der Waals surface area contributed by atoms with Gasteiger partial charge < -0.3 is 15.6 Å². The fraction of sp³-hybridized carbons (Fsp3) is 0.600. The minimum Gasteiger partial charge on any atom is -0.399 e. The molecule has 3 unspecified atom stereocenters. The minimum absolute atomic E-state index is 0.317. The van der Waals surface area contributed by atoms with E-state index in [1.165, 1.54) is 12.8 Å². The number of nitrogens with two attached hydrogens (primary N) is 1. The smallest absolute Gasteiger partial charge is 0.102 e. The predicted octanol–water partition coefficient (Wildman–Crippen LogP) is 2.90. The monoisotopic (exact) mass is 249 g/mol. The molecular formula is C15H23NO2. The van der Waals surface area contributed by atoms with Crippen molar-refractivity contribution in [2.24, 2.45) is 5.92 Å². The first kappa shape index (κ1) is 13.4. The second kappa shape index (κ2) is 6.21. The van der Waals surface area contributed by atoms with Crippen molar-refractivity contribution in [2.45, 2.75) is 44.8 Å². The summed E-state index contributed by atoms with van der Waals surface area (Å²) < 4.78 is 5.82. The normalized spacial score (nSPS) is 25.9. The van der Waals surface area contributed by atoms with Gasteiger partial charge in [-0.15, -0.1) is 0 Å². The first-order chi connectivity index (χ1) is 8.65. The molecule has 1 aliphatic carbocycles. The molecule has 0 radical (unpaired) electrons. The zero-order valence-corrected chi connectivity index (χ0v) is 11.0. The topological polar surface area (TPSA) is 55.5 Å². The maximum Gasteiger partial charge on any atom is 0.102 e. The van der Waals surface area contributed by atoms with Crippen molar-refractivity contribution in [3.8, 4) is 0 Å². The highest BCUT2D eigenvalue weighted by Crippen LogP contribution is 2.26. The lowest BCUT2D eigenvalue weighted by molar-refractivity contribution is -0.0322. The number of rotatable bonds is 4. The summed E-state index contributed by atoms with van der Waals surface area (Å²) in [6.45, 7) is 2.65. The molecule has 18 heavy (non-hydrogen) atoms. The number of ether oxygens (including phenoxy) is 1. The van der Waals surface area contributed by atoms with Gasteiger partial charge >= 0.3 is 0 Å². The Morgan fingerprint density at radius 2 is 2.06 bits per heavy atom. The lowest BCUT2D eigenvalue weighted by Crippen LogP contribution is -2.23. The van der Waals surface area contributed by atoms with Crippen LogP contribution in [0.25, 0.3) is 0 Å². The summed E-state index contributed by atoms with van der Waals surface area (Å²) in [5.41, 5.74) is 7.20. The summed E-state index contributed by atoms with van der Waals surface area (Å²) >= 11 is 0. The van der Waals surface area contributed by atoms with Crippen molar-refractivity contribution in [3.63, 3.8) is 0 Å². The third-order valence-corrected chi connectivity index (χ3v) is 3.70. The van der Waals surface area contributed by atoms with Crippen LogP contribution in [0.2, 0.25) is 0 Å². The molecule has 0 saturated heterocycles. The van der Waals surface area contributed by atoms with Gasteiger partial charge in [-0.05, 0) is 36.5 Å². The number of anilines is 1. The van der Waals surface area contributed by atoms with E-state index >= 15 is 0 Å². The van der Waals surface area contributed by atoms with Gasteiger partial charge in [0.25, 0.3) is 0 Å². The molecule has 0 aliphatic heterocycles.